The summed E-state index contributed by atoms with van der Waals surface area (Å²) in [4.78, 5) is 12.3. The lowest BCUT2D eigenvalue weighted by Gasteiger charge is -2.13. The van der Waals surface area contributed by atoms with Gasteiger partial charge in [0.1, 0.15) is 11.6 Å². The molecule has 152 valence electrons. The molecule has 0 atom stereocenters. The third-order valence-electron chi connectivity index (χ3n) is 3.93. The van der Waals surface area contributed by atoms with Crippen LogP contribution < -0.4 is 14.8 Å². The number of ether oxygens (including phenoxy) is 2. The van der Waals surface area contributed by atoms with Gasteiger partial charge in [-0.15, -0.1) is 0 Å². The van der Waals surface area contributed by atoms with E-state index in [1.54, 1.807) is 18.2 Å². The van der Waals surface area contributed by atoms with Crippen LogP contribution in [0.2, 0.25) is 5.02 Å². The van der Waals surface area contributed by atoms with Gasteiger partial charge in [0.25, 0.3) is 6.43 Å². The summed E-state index contributed by atoms with van der Waals surface area (Å²) in [6.07, 6.45) is -2.80. The summed E-state index contributed by atoms with van der Waals surface area (Å²) >= 11 is 5.92. The van der Waals surface area contributed by atoms with E-state index in [1.165, 1.54) is 26.3 Å². The number of carbonyl (C=O) groups is 1. The van der Waals surface area contributed by atoms with Crippen molar-refractivity contribution in [3.05, 3.63) is 59.1 Å². The van der Waals surface area contributed by atoms with Gasteiger partial charge in [-0.1, -0.05) is 29.8 Å². The molecule has 1 amide bonds. The molecule has 1 heterocycles. The quantitative estimate of drug-likeness (QED) is 0.591. The third-order valence-corrected chi connectivity index (χ3v) is 4.22. The van der Waals surface area contributed by atoms with Crippen LogP contribution in [0.15, 0.2) is 42.6 Å². The molecule has 0 spiro atoms. The number of hydrogen-bond donors (Lipinski definition) is 1. The fourth-order valence-corrected chi connectivity index (χ4v) is 2.90. The predicted octanol–water partition coefficient (Wildman–Crippen LogP) is 5.44. The van der Waals surface area contributed by atoms with Crippen molar-refractivity contribution < 1.29 is 27.4 Å². The standard InChI is InChI=1S/C19H15ClF3N3O3/c1-26-9-16(17(25-26)18(22)23)29-19(27)24-14-6-4-3-5-10(14)11-7-15(28-2)12(20)8-13(11)21/h3-9,18H,1-2H3,(H,24,27). The van der Waals surface area contributed by atoms with Crippen molar-refractivity contribution in [1.29, 1.82) is 0 Å². The molecule has 3 aromatic rings. The first-order chi connectivity index (χ1) is 13.8. The maximum atomic E-state index is 14.5. The van der Waals surface area contributed by atoms with Crippen molar-refractivity contribution >= 4 is 23.4 Å². The van der Waals surface area contributed by atoms with Crippen LogP contribution in [0.5, 0.6) is 11.5 Å². The number of halogens is 4. The molecule has 0 unspecified atom stereocenters. The molecular weight excluding hydrogens is 411 g/mol. The number of rotatable bonds is 5. The highest BCUT2D eigenvalue weighted by molar-refractivity contribution is 6.32. The molecule has 0 radical (unpaired) electrons. The minimum absolute atomic E-state index is 0.0923. The zero-order valence-electron chi connectivity index (χ0n) is 15.2. The Labute approximate surface area is 168 Å². The van der Waals surface area contributed by atoms with Gasteiger partial charge in [-0.05, 0) is 18.2 Å². The number of aryl methyl sites for hydroxylation is 1. The summed E-state index contributed by atoms with van der Waals surface area (Å²) in [5.74, 6) is -0.764. The number of benzene rings is 2. The maximum absolute atomic E-state index is 14.5. The van der Waals surface area contributed by atoms with E-state index >= 15 is 0 Å². The fraction of sp³-hybridized carbons (Fsp3) is 0.158. The van der Waals surface area contributed by atoms with Crippen molar-refractivity contribution in [3.8, 4) is 22.6 Å². The second-order valence-electron chi connectivity index (χ2n) is 5.88. The van der Waals surface area contributed by atoms with E-state index in [9.17, 15) is 18.0 Å². The van der Waals surface area contributed by atoms with E-state index in [-0.39, 0.29) is 27.8 Å². The summed E-state index contributed by atoms with van der Waals surface area (Å²) in [7, 11) is 2.81. The number of carbonyl (C=O) groups excluding carboxylic acids is 1. The number of aromatic nitrogens is 2. The molecule has 0 aliphatic carbocycles. The normalized spacial score (nSPS) is 10.9. The van der Waals surface area contributed by atoms with Crippen LogP contribution >= 0.6 is 11.6 Å². The second kappa shape index (κ2) is 8.44. The van der Waals surface area contributed by atoms with E-state index < -0.39 is 24.0 Å². The second-order valence-corrected chi connectivity index (χ2v) is 6.29. The molecule has 0 aliphatic heterocycles. The van der Waals surface area contributed by atoms with Gasteiger partial charge >= 0.3 is 6.09 Å². The molecule has 3 rings (SSSR count). The van der Waals surface area contributed by atoms with E-state index in [1.807, 2.05) is 0 Å². The lowest BCUT2D eigenvalue weighted by molar-refractivity contribution is 0.141. The molecule has 0 bridgehead atoms. The van der Waals surface area contributed by atoms with Crippen molar-refractivity contribution in [2.75, 3.05) is 12.4 Å². The van der Waals surface area contributed by atoms with Crippen LogP contribution in [-0.4, -0.2) is 23.0 Å². The summed E-state index contributed by atoms with van der Waals surface area (Å²) in [6.45, 7) is 0. The molecule has 6 nitrogen and oxygen atoms in total. The van der Waals surface area contributed by atoms with Gasteiger partial charge in [0.15, 0.2) is 11.4 Å². The fourth-order valence-electron chi connectivity index (χ4n) is 2.67. The van der Waals surface area contributed by atoms with Crippen LogP contribution in [0, 0.1) is 5.82 Å². The number of alkyl halides is 2. The molecule has 1 N–H and O–H groups in total. The zero-order valence-corrected chi connectivity index (χ0v) is 16.0. The minimum atomic E-state index is -2.91. The van der Waals surface area contributed by atoms with Crippen molar-refractivity contribution in [2.24, 2.45) is 7.05 Å². The van der Waals surface area contributed by atoms with Gasteiger partial charge in [0.05, 0.1) is 24.0 Å². The van der Waals surface area contributed by atoms with Crippen molar-refractivity contribution in [1.82, 2.24) is 9.78 Å². The summed E-state index contributed by atoms with van der Waals surface area (Å²) in [5, 5.41) is 6.08. The van der Waals surface area contributed by atoms with Gasteiger partial charge < -0.3 is 9.47 Å². The number of hydrogen-bond acceptors (Lipinski definition) is 4. The molecular formula is C19H15ClF3N3O3. The van der Waals surface area contributed by atoms with E-state index in [0.717, 1.165) is 16.9 Å². The van der Waals surface area contributed by atoms with Crippen LogP contribution in [-0.2, 0) is 7.05 Å². The smallest absolute Gasteiger partial charge is 0.417 e. The Balaban J connectivity index is 1.90. The highest BCUT2D eigenvalue weighted by atomic mass is 35.5. The average Bonchev–Trinajstić information content (AvgIpc) is 3.03. The summed E-state index contributed by atoms with van der Waals surface area (Å²) in [5.41, 5.74) is -0.0262. The molecule has 0 fully saturated rings. The molecule has 29 heavy (non-hydrogen) atoms. The lowest BCUT2D eigenvalue weighted by Crippen LogP contribution is -2.17. The SMILES string of the molecule is COc1cc(-c2ccccc2NC(=O)Oc2cn(C)nc2C(F)F)c(F)cc1Cl. The van der Waals surface area contributed by atoms with Crippen LogP contribution in [0.1, 0.15) is 12.1 Å². The third kappa shape index (κ3) is 4.45. The lowest BCUT2D eigenvalue weighted by atomic mass is 10.0. The number of methoxy groups -OCH3 is 1. The predicted molar refractivity (Wildman–Crippen MR) is 101 cm³/mol. The summed E-state index contributed by atoms with van der Waals surface area (Å²) in [6, 6.07) is 8.81. The number of para-hydroxylation sites is 1. The zero-order chi connectivity index (χ0) is 21.1. The number of amides is 1. The molecule has 2 aromatic carbocycles. The van der Waals surface area contributed by atoms with Crippen LogP contribution in [0.25, 0.3) is 11.1 Å². The van der Waals surface area contributed by atoms with Crippen molar-refractivity contribution in [3.63, 3.8) is 0 Å². The topological polar surface area (TPSA) is 65.4 Å². The van der Waals surface area contributed by atoms with Gasteiger partial charge in [0.2, 0.25) is 0 Å². The van der Waals surface area contributed by atoms with Crippen LogP contribution in [0.4, 0.5) is 23.7 Å². The minimum Gasteiger partial charge on any atom is -0.495 e. The number of nitrogens with zero attached hydrogens (tertiary/aromatic N) is 2. The van der Waals surface area contributed by atoms with Gasteiger partial charge in [-0.25, -0.2) is 18.0 Å². The Morgan fingerprint density at radius 1 is 1.21 bits per heavy atom. The molecule has 0 aliphatic rings. The molecule has 0 saturated heterocycles. The molecule has 1 aromatic heterocycles. The number of nitrogens with one attached hydrogen (secondary N) is 1. The average molecular weight is 426 g/mol. The Morgan fingerprint density at radius 2 is 1.93 bits per heavy atom. The molecule has 10 heteroatoms. The molecule has 0 saturated carbocycles. The largest absolute Gasteiger partial charge is 0.495 e. The Bertz CT molecular complexity index is 1060. The highest BCUT2D eigenvalue weighted by Crippen LogP contribution is 2.36. The van der Waals surface area contributed by atoms with Gasteiger partial charge in [0, 0.05) is 18.2 Å². The van der Waals surface area contributed by atoms with Crippen molar-refractivity contribution in [2.45, 2.75) is 6.43 Å². The highest BCUT2D eigenvalue weighted by Gasteiger charge is 2.22. The van der Waals surface area contributed by atoms with Gasteiger partial charge in [-0.2, -0.15) is 5.10 Å². The van der Waals surface area contributed by atoms with E-state index in [0.29, 0.717) is 5.56 Å². The first kappa shape index (κ1) is 20.5. The Hall–Kier alpha value is -3.20. The Kier molecular flexibility index (Phi) is 5.97. The van der Waals surface area contributed by atoms with E-state index in [4.69, 9.17) is 21.1 Å². The summed E-state index contributed by atoms with van der Waals surface area (Å²) < 4.78 is 51.7. The van der Waals surface area contributed by atoms with E-state index in [2.05, 4.69) is 10.4 Å². The first-order valence-electron chi connectivity index (χ1n) is 8.23. The Morgan fingerprint density at radius 3 is 2.62 bits per heavy atom. The maximum Gasteiger partial charge on any atom is 0.417 e. The van der Waals surface area contributed by atoms with Gasteiger partial charge in [-0.3, -0.25) is 10.00 Å². The first-order valence-corrected chi connectivity index (χ1v) is 8.61. The number of anilines is 1. The van der Waals surface area contributed by atoms with Crippen LogP contribution in [0.3, 0.4) is 0 Å². The monoisotopic (exact) mass is 425 g/mol.